The molecule has 1 aliphatic heterocycles. The molecule has 152 valence electrons. The van der Waals surface area contributed by atoms with Crippen molar-refractivity contribution >= 4 is 15.9 Å². The number of carbonyl (C=O) groups is 1. The Hall–Kier alpha value is -1.48. The van der Waals surface area contributed by atoms with E-state index < -0.39 is 10.0 Å². The van der Waals surface area contributed by atoms with Crippen LogP contribution in [-0.2, 0) is 14.8 Å². The number of unbranched alkanes of at least 4 members (excludes halogenated alkanes) is 1. The molecule has 1 aromatic rings. The molecule has 0 radical (unpaired) electrons. The highest BCUT2D eigenvalue weighted by molar-refractivity contribution is 7.89. The lowest BCUT2D eigenvalue weighted by Gasteiger charge is -2.32. The third-order valence-electron chi connectivity index (χ3n) is 4.92. The Morgan fingerprint density at radius 1 is 1.11 bits per heavy atom. The van der Waals surface area contributed by atoms with E-state index in [9.17, 15) is 13.2 Å². The van der Waals surface area contributed by atoms with E-state index in [1.807, 2.05) is 0 Å². The average molecular weight is 397 g/mol. The van der Waals surface area contributed by atoms with Crippen molar-refractivity contribution in [3.05, 3.63) is 30.3 Å². The molecule has 1 fully saturated rings. The first-order valence-electron chi connectivity index (χ1n) is 9.58. The van der Waals surface area contributed by atoms with Gasteiger partial charge in [0.1, 0.15) is 0 Å². The van der Waals surface area contributed by atoms with Crippen molar-refractivity contribution in [2.24, 2.45) is 0 Å². The third kappa shape index (κ3) is 7.21. The molecule has 1 heterocycles. The van der Waals surface area contributed by atoms with Gasteiger partial charge in [-0.15, -0.1) is 0 Å². The van der Waals surface area contributed by atoms with Gasteiger partial charge in [0.05, 0.1) is 4.90 Å². The summed E-state index contributed by atoms with van der Waals surface area (Å²) in [5.41, 5.74) is 0. The molecule has 0 bridgehead atoms. The summed E-state index contributed by atoms with van der Waals surface area (Å²) in [5, 5.41) is 2.89. The fourth-order valence-electron chi connectivity index (χ4n) is 3.00. The molecule has 0 aliphatic carbocycles. The van der Waals surface area contributed by atoms with Crippen LogP contribution >= 0.6 is 0 Å². The predicted octanol–water partition coefficient (Wildman–Crippen LogP) is 0.841. The predicted molar refractivity (Wildman–Crippen MR) is 107 cm³/mol. The Bertz CT molecular complexity index is 673. The zero-order valence-corrected chi connectivity index (χ0v) is 17.2. The highest BCUT2D eigenvalue weighted by Crippen LogP contribution is 2.13. The largest absolute Gasteiger partial charge is 0.356 e. The molecule has 1 saturated heterocycles. The van der Waals surface area contributed by atoms with Gasteiger partial charge < -0.3 is 15.1 Å². The second kappa shape index (κ2) is 10.8. The summed E-state index contributed by atoms with van der Waals surface area (Å²) >= 11 is 0. The maximum absolute atomic E-state index is 12.4. The van der Waals surface area contributed by atoms with E-state index in [0.717, 1.165) is 45.6 Å². The monoisotopic (exact) mass is 396 g/mol. The number of nitrogens with one attached hydrogen (secondary N) is 1. The Morgan fingerprint density at radius 3 is 2.44 bits per heavy atom. The SMILES string of the molecule is CN1CCN(CCCCNC(=O)CCN(C)S(=O)(=O)c2ccccc2)CC1. The van der Waals surface area contributed by atoms with Gasteiger partial charge in [-0.1, -0.05) is 18.2 Å². The molecule has 1 amide bonds. The summed E-state index contributed by atoms with van der Waals surface area (Å²) in [7, 11) is 0.118. The van der Waals surface area contributed by atoms with Gasteiger partial charge in [0, 0.05) is 52.7 Å². The summed E-state index contributed by atoms with van der Waals surface area (Å²) in [6.45, 7) is 6.36. The summed E-state index contributed by atoms with van der Waals surface area (Å²) in [6, 6.07) is 8.28. The molecule has 1 aromatic carbocycles. The topological polar surface area (TPSA) is 73.0 Å². The van der Waals surface area contributed by atoms with Gasteiger partial charge >= 0.3 is 0 Å². The summed E-state index contributed by atoms with van der Waals surface area (Å²) < 4.78 is 26.0. The van der Waals surface area contributed by atoms with Gasteiger partial charge in [0.15, 0.2) is 0 Å². The number of amides is 1. The third-order valence-corrected chi connectivity index (χ3v) is 6.80. The van der Waals surface area contributed by atoms with Crippen LogP contribution in [0, 0.1) is 0 Å². The Balaban J connectivity index is 1.59. The van der Waals surface area contributed by atoms with Gasteiger partial charge in [-0.2, -0.15) is 0 Å². The van der Waals surface area contributed by atoms with Crippen LogP contribution in [0.5, 0.6) is 0 Å². The van der Waals surface area contributed by atoms with Crippen LogP contribution < -0.4 is 5.32 Å². The summed E-state index contributed by atoms with van der Waals surface area (Å²) in [5.74, 6) is -0.107. The fourth-order valence-corrected chi connectivity index (χ4v) is 4.19. The Labute approximate surface area is 163 Å². The molecule has 0 spiro atoms. The van der Waals surface area contributed by atoms with Crippen molar-refractivity contribution in [1.29, 1.82) is 0 Å². The quantitative estimate of drug-likeness (QED) is 0.594. The van der Waals surface area contributed by atoms with Crippen LogP contribution in [0.2, 0.25) is 0 Å². The van der Waals surface area contributed by atoms with Crippen LogP contribution in [0.3, 0.4) is 0 Å². The van der Waals surface area contributed by atoms with E-state index in [2.05, 4.69) is 22.2 Å². The highest BCUT2D eigenvalue weighted by atomic mass is 32.2. The van der Waals surface area contributed by atoms with E-state index in [1.54, 1.807) is 30.3 Å². The van der Waals surface area contributed by atoms with Crippen molar-refractivity contribution in [2.75, 3.05) is 59.9 Å². The first kappa shape index (κ1) is 21.8. The molecule has 2 rings (SSSR count). The minimum absolute atomic E-state index is 0.107. The zero-order valence-electron chi connectivity index (χ0n) is 16.4. The van der Waals surface area contributed by atoms with Gasteiger partial charge in [0.2, 0.25) is 15.9 Å². The Morgan fingerprint density at radius 2 is 1.78 bits per heavy atom. The van der Waals surface area contributed by atoms with E-state index in [0.29, 0.717) is 6.54 Å². The summed E-state index contributed by atoms with van der Waals surface area (Å²) in [4.78, 5) is 17.0. The minimum Gasteiger partial charge on any atom is -0.356 e. The number of rotatable bonds is 10. The lowest BCUT2D eigenvalue weighted by atomic mass is 10.2. The van der Waals surface area contributed by atoms with Crippen LogP contribution in [0.15, 0.2) is 35.2 Å². The van der Waals surface area contributed by atoms with Crippen molar-refractivity contribution < 1.29 is 13.2 Å². The molecule has 1 aliphatic rings. The van der Waals surface area contributed by atoms with Gasteiger partial charge in [-0.25, -0.2) is 12.7 Å². The number of nitrogens with zero attached hydrogens (tertiary/aromatic N) is 3. The number of sulfonamides is 1. The number of likely N-dealkylation sites (N-methyl/N-ethyl adjacent to an activating group) is 1. The molecule has 0 unspecified atom stereocenters. The van der Waals surface area contributed by atoms with E-state index in [1.165, 1.54) is 11.4 Å². The molecule has 27 heavy (non-hydrogen) atoms. The van der Waals surface area contributed by atoms with E-state index in [4.69, 9.17) is 0 Å². The van der Waals surface area contributed by atoms with E-state index in [-0.39, 0.29) is 23.8 Å². The maximum atomic E-state index is 12.4. The second-order valence-electron chi connectivity index (χ2n) is 7.09. The van der Waals surface area contributed by atoms with Crippen LogP contribution in [0.25, 0.3) is 0 Å². The van der Waals surface area contributed by atoms with Crippen LogP contribution in [-0.4, -0.2) is 88.3 Å². The van der Waals surface area contributed by atoms with Crippen molar-refractivity contribution in [1.82, 2.24) is 19.4 Å². The first-order chi connectivity index (χ1) is 12.9. The molecular weight excluding hydrogens is 364 g/mol. The van der Waals surface area contributed by atoms with Crippen molar-refractivity contribution in [3.63, 3.8) is 0 Å². The first-order valence-corrected chi connectivity index (χ1v) is 11.0. The number of hydrogen-bond acceptors (Lipinski definition) is 5. The molecule has 0 aromatic heterocycles. The highest BCUT2D eigenvalue weighted by Gasteiger charge is 2.20. The summed E-state index contributed by atoms with van der Waals surface area (Å²) in [6.07, 6.45) is 2.17. The fraction of sp³-hybridized carbons (Fsp3) is 0.632. The lowest BCUT2D eigenvalue weighted by molar-refractivity contribution is -0.121. The number of hydrogen-bond donors (Lipinski definition) is 1. The Kier molecular flexibility index (Phi) is 8.69. The molecule has 1 N–H and O–H groups in total. The zero-order chi connectivity index (χ0) is 19.7. The van der Waals surface area contributed by atoms with Gasteiger partial charge in [-0.3, -0.25) is 4.79 Å². The van der Waals surface area contributed by atoms with Crippen LogP contribution in [0.1, 0.15) is 19.3 Å². The molecule has 0 atom stereocenters. The average Bonchev–Trinajstić information content (AvgIpc) is 2.68. The second-order valence-corrected chi connectivity index (χ2v) is 9.14. The van der Waals surface area contributed by atoms with Gasteiger partial charge in [-0.05, 0) is 38.6 Å². The van der Waals surface area contributed by atoms with Gasteiger partial charge in [0.25, 0.3) is 0 Å². The minimum atomic E-state index is -3.54. The number of carbonyl (C=O) groups excluding carboxylic acids is 1. The number of benzene rings is 1. The maximum Gasteiger partial charge on any atom is 0.242 e. The van der Waals surface area contributed by atoms with Crippen LogP contribution in [0.4, 0.5) is 0 Å². The molecule has 8 heteroatoms. The lowest BCUT2D eigenvalue weighted by Crippen LogP contribution is -2.44. The van der Waals surface area contributed by atoms with E-state index >= 15 is 0 Å². The number of piperazine rings is 1. The normalized spacial score (nSPS) is 16.6. The molecule has 0 saturated carbocycles. The van der Waals surface area contributed by atoms with Crippen molar-refractivity contribution in [3.8, 4) is 0 Å². The molecular formula is C19H32N4O3S. The smallest absolute Gasteiger partial charge is 0.242 e. The van der Waals surface area contributed by atoms with Crippen molar-refractivity contribution in [2.45, 2.75) is 24.2 Å². The standard InChI is InChI=1S/C19H32N4O3S/c1-21-14-16-23(17-15-21)12-7-6-11-20-19(24)10-13-22(2)27(25,26)18-8-4-3-5-9-18/h3-5,8-9H,6-7,10-17H2,1-2H3,(H,20,24). The molecule has 7 nitrogen and oxygen atoms in total.